The third kappa shape index (κ3) is 4.85. The number of aryl methyl sites for hydroxylation is 1. The number of halogens is 2. The Bertz CT molecular complexity index is 894. The van der Waals surface area contributed by atoms with Gasteiger partial charge in [0.25, 0.3) is 5.91 Å². The molecule has 2 rings (SSSR count). The number of carbonyl (C=O) groups is 3. The molecule has 0 aliphatic heterocycles. The van der Waals surface area contributed by atoms with Crippen LogP contribution in [0.4, 0.5) is 10.1 Å². The van der Waals surface area contributed by atoms with E-state index in [1.54, 1.807) is 20.8 Å². The number of nitrogens with one attached hydrogen (secondary N) is 2. The summed E-state index contributed by atoms with van der Waals surface area (Å²) in [5.74, 6) is -2.58. The maximum absolute atomic E-state index is 13.1. The van der Waals surface area contributed by atoms with Gasteiger partial charge in [-0.1, -0.05) is 11.6 Å². The van der Waals surface area contributed by atoms with E-state index in [1.807, 2.05) is 0 Å². The second-order valence-corrected chi connectivity index (χ2v) is 6.01. The van der Waals surface area contributed by atoms with Crippen LogP contribution in [-0.4, -0.2) is 36.0 Å². The number of ether oxygens (including phenoxy) is 2. The van der Waals surface area contributed by atoms with Gasteiger partial charge in [-0.05, 0) is 44.5 Å². The largest absolute Gasteiger partial charge is 0.462 e. The number of esters is 2. The van der Waals surface area contributed by atoms with Crippen molar-refractivity contribution in [2.24, 2.45) is 0 Å². The number of benzene rings is 1. The Morgan fingerprint density at radius 3 is 2.52 bits per heavy atom. The highest BCUT2D eigenvalue weighted by molar-refractivity contribution is 6.31. The average molecular weight is 397 g/mol. The lowest BCUT2D eigenvalue weighted by molar-refractivity contribution is -0.119. The number of carbonyl (C=O) groups excluding carboxylic acids is 3. The first-order valence-electron chi connectivity index (χ1n) is 8.02. The number of hydrogen-bond acceptors (Lipinski definition) is 5. The summed E-state index contributed by atoms with van der Waals surface area (Å²) in [6.07, 6.45) is 0. The number of rotatable bonds is 6. The number of anilines is 1. The molecule has 9 heteroatoms. The molecule has 0 bridgehead atoms. The molecule has 0 aliphatic carbocycles. The molecule has 0 unspecified atom stereocenters. The molecule has 2 aromatic rings. The summed E-state index contributed by atoms with van der Waals surface area (Å²) in [5.41, 5.74) is 1.42. The maximum Gasteiger partial charge on any atom is 0.355 e. The number of amides is 1. The third-order valence-corrected chi connectivity index (χ3v) is 3.95. The van der Waals surface area contributed by atoms with Crippen molar-refractivity contribution >= 4 is 35.1 Å². The summed E-state index contributed by atoms with van der Waals surface area (Å²) in [6.45, 7) is 4.52. The van der Waals surface area contributed by atoms with Gasteiger partial charge in [0, 0.05) is 11.4 Å². The van der Waals surface area contributed by atoms with Crippen LogP contribution in [0.25, 0.3) is 0 Å². The Morgan fingerprint density at radius 2 is 1.89 bits per heavy atom. The molecule has 1 aromatic heterocycles. The Labute approximate surface area is 159 Å². The van der Waals surface area contributed by atoms with Crippen LogP contribution < -0.4 is 5.32 Å². The second kappa shape index (κ2) is 8.68. The third-order valence-electron chi connectivity index (χ3n) is 3.66. The van der Waals surface area contributed by atoms with Crippen molar-refractivity contribution in [3.63, 3.8) is 0 Å². The smallest absolute Gasteiger partial charge is 0.355 e. The van der Waals surface area contributed by atoms with Crippen molar-refractivity contribution in [2.75, 3.05) is 18.5 Å². The van der Waals surface area contributed by atoms with Crippen molar-refractivity contribution in [3.05, 3.63) is 51.6 Å². The van der Waals surface area contributed by atoms with E-state index in [1.165, 1.54) is 12.1 Å². The molecule has 0 saturated carbocycles. The molecule has 0 aliphatic rings. The Kier molecular flexibility index (Phi) is 6.57. The van der Waals surface area contributed by atoms with Crippen LogP contribution >= 0.6 is 11.6 Å². The van der Waals surface area contributed by atoms with E-state index < -0.39 is 30.3 Å². The van der Waals surface area contributed by atoms with Crippen molar-refractivity contribution < 1.29 is 28.2 Å². The average Bonchev–Trinajstić information content (AvgIpc) is 2.91. The summed E-state index contributed by atoms with van der Waals surface area (Å²) >= 11 is 5.63. The fourth-order valence-corrected chi connectivity index (χ4v) is 2.62. The zero-order valence-corrected chi connectivity index (χ0v) is 15.7. The molecule has 1 aromatic carbocycles. The maximum atomic E-state index is 13.1. The zero-order valence-electron chi connectivity index (χ0n) is 14.9. The summed E-state index contributed by atoms with van der Waals surface area (Å²) in [6, 6.07) is 3.66. The van der Waals surface area contributed by atoms with Gasteiger partial charge in [0.1, 0.15) is 11.5 Å². The lowest BCUT2D eigenvalue weighted by Crippen LogP contribution is -2.21. The van der Waals surface area contributed by atoms with Crippen LogP contribution in [0, 0.1) is 19.7 Å². The predicted octanol–water partition coefficient (Wildman–Crippen LogP) is 3.40. The monoisotopic (exact) mass is 396 g/mol. The SMILES string of the molecule is CCOC(=O)c1c(C)[nH]c(C(=O)OCC(=O)Nc2ccc(F)c(Cl)c2)c1C. The summed E-state index contributed by atoms with van der Waals surface area (Å²) in [5, 5.41) is 2.29. The normalized spacial score (nSPS) is 10.4. The van der Waals surface area contributed by atoms with E-state index in [0.29, 0.717) is 11.3 Å². The molecular formula is C18H18ClFN2O5. The first kappa shape index (κ1) is 20.4. The molecule has 0 saturated heterocycles. The number of H-pyrrole nitrogens is 1. The zero-order chi connectivity index (χ0) is 20.1. The van der Waals surface area contributed by atoms with Crippen LogP contribution in [0.5, 0.6) is 0 Å². The summed E-state index contributed by atoms with van der Waals surface area (Å²) < 4.78 is 23.0. The van der Waals surface area contributed by atoms with Gasteiger partial charge in [-0.3, -0.25) is 4.79 Å². The highest BCUT2D eigenvalue weighted by Gasteiger charge is 2.24. The minimum Gasteiger partial charge on any atom is -0.462 e. The molecule has 7 nitrogen and oxygen atoms in total. The summed E-state index contributed by atoms with van der Waals surface area (Å²) in [4.78, 5) is 38.8. The second-order valence-electron chi connectivity index (χ2n) is 5.60. The Balaban J connectivity index is 2.01. The molecule has 2 N–H and O–H groups in total. The minimum atomic E-state index is -0.793. The lowest BCUT2D eigenvalue weighted by Gasteiger charge is -2.07. The van der Waals surface area contributed by atoms with Gasteiger partial charge >= 0.3 is 11.9 Å². The van der Waals surface area contributed by atoms with Crippen LogP contribution in [-0.2, 0) is 14.3 Å². The van der Waals surface area contributed by atoms with Crippen molar-refractivity contribution in [2.45, 2.75) is 20.8 Å². The van der Waals surface area contributed by atoms with Gasteiger partial charge in [-0.25, -0.2) is 14.0 Å². The highest BCUT2D eigenvalue weighted by atomic mass is 35.5. The van der Waals surface area contributed by atoms with Gasteiger partial charge in [0.05, 0.1) is 17.2 Å². The van der Waals surface area contributed by atoms with Gasteiger partial charge in [0.15, 0.2) is 6.61 Å². The Hall–Kier alpha value is -2.87. The molecule has 0 atom stereocenters. The van der Waals surface area contributed by atoms with E-state index in [-0.39, 0.29) is 28.6 Å². The van der Waals surface area contributed by atoms with Crippen molar-refractivity contribution in [3.8, 4) is 0 Å². The topological polar surface area (TPSA) is 97.5 Å². The van der Waals surface area contributed by atoms with E-state index in [9.17, 15) is 18.8 Å². The van der Waals surface area contributed by atoms with Crippen LogP contribution in [0.3, 0.4) is 0 Å². The quantitative estimate of drug-likeness (QED) is 0.729. The summed E-state index contributed by atoms with van der Waals surface area (Å²) in [7, 11) is 0. The molecule has 0 fully saturated rings. The predicted molar refractivity (Wildman–Crippen MR) is 96.5 cm³/mol. The van der Waals surface area contributed by atoms with E-state index >= 15 is 0 Å². The van der Waals surface area contributed by atoms with Gasteiger partial charge in [-0.15, -0.1) is 0 Å². The highest BCUT2D eigenvalue weighted by Crippen LogP contribution is 2.21. The van der Waals surface area contributed by atoms with Crippen LogP contribution in [0.1, 0.15) is 39.0 Å². The van der Waals surface area contributed by atoms with E-state index in [4.69, 9.17) is 21.1 Å². The van der Waals surface area contributed by atoms with E-state index in [0.717, 1.165) is 6.07 Å². The van der Waals surface area contributed by atoms with Crippen LogP contribution in [0.15, 0.2) is 18.2 Å². The molecule has 0 spiro atoms. The lowest BCUT2D eigenvalue weighted by atomic mass is 10.1. The van der Waals surface area contributed by atoms with Crippen LogP contribution in [0.2, 0.25) is 5.02 Å². The van der Waals surface area contributed by atoms with E-state index in [2.05, 4.69) is 10.3 Å². The fraction of sp³-hybridized carbons (Fsp3) is 0.278. The molecule has 27 heavy (non-hydrogen) atoms. The van der Waals surface area contributed by atoms with Gasteiger partial charge in [-0.2, -0.15) is 0 Å². The van der Waals surface area contributed by atoms with Crippen molar-refractivity contribution in [1.29, 1.82) is 0 Å². The molecule has 1 heterocycles. The van der Waals surface area contributed by atoms with Gasteiger partial charge < -0.3 is 19.8 Å². The number of hydrogen-bond donors (Lipinski definition) is 2. The Morgan fingerprint density at radius 1 is 1.19 bits per heavy atom. The minimum absolute atomic E-state index is 0.0631. The molecule has 144 valence electrons. The number of aromatic nitrogens is 1. The first-order valence-corrected chi connectivity index (χ1v) is 8.40. The standard InChI is InChI=1S/C18H18ClFN2O5/c1-4-26-17(24)15-9(2)16(21-10(15)3)18(25)27-8-14(23)22-11-5-6-13(20)12(19)7-11/h5-7,21H,4,8H2,1-3H3,(H,22,23). The fourth-order valence-electron chi connectivity index (χ4n) is 2.44. The van der Waals surface area contributed by atoms with Crippen molar-refractivity contribution in [1.82, 2.24) is 4.98 Å². The molecule has 0 radical (unpaired) electrons. The first-order chi connectivity index (χ1) is 12.7. The molecule has 1 amide bonds. The number of aromatic amines is 1. The van der Waals surface area contributed by atoms with Gasteiger partial charge in [0.2, 0.25) is 0 Å². The molecular weight excluding hydrogens is 379 g/mol.